The van der Waals surface area contributed by atoms with E-state index in [4.69, 9.17) is 10.5 Å². The van der Waals surface area contributed by atoms with Gasteiger partial charge in [0.15, 0.2) is 6.61 Å². The standard InChI is InChI=1S/C15H21BrN2O2/c1-11(17)12-4-3-7-18(9-12)15(19)10-20-14-6-2-5-13(16)8-14/h2,5-6,8,11-12H,3-4,7,9-10,17H2,1H3/t11-,12+/m0/s1. The molecule has 1 aromatic carbocycles. The first-order valence-electron chi connectivity index (χ1n) is 6.98. The van der Waals surface area contributed by atoms with Crippen LogP contribution in [0.2, 0.25) is 0 Å². The summed E-state index contributed by atoms with van der Waals surface area (Å²) >= 11 is 3.38. The first kappa shape index (κ1) is 15.3. The molecule has 0 saturated carbocycles. The molecular formula is C15H21BrN2O2. The Balaban J connectivity index is 1.85. The number of carbonyl (C=O) groups is 1. The summed E-state index contributed by atoms with van der Waals surface area (Å²) in [7, 11) is 0. The topological polar surface area (TPSA) is 55.6 Å². The van der Waals surface area contributed by atoms with Crippen LogP contribution in [-0.2, 0) is 4.79 Å². The van der Waals surface area contributed by atoms with E-state index in [0.717, 1.165) is 30.4 Å². The number of carbonyl (C=O) groups excluding carboxylic acids is 1. The first-order valence-corrected chi connectivity index (χ1v) is 7.77. The summed E-state index contributed by atoms with van der Waals surface area (Å²) in [4.78, 5) is 14.0. The summed E-state index contributed by atoms with van der Waals surface area (Å²) in [6, 6.07) is 7.65. The molecule has 2 N–H and O–H groups in total. The fourth-order valence-corrected chi connectivity index (χ4v) is 2.84. The van der Waals surface area contributed by atoms with Gasteiger partial charge in [-0.1, -0.05) is 22.0 Å². The van der Waals surface area contributed by atoms with Gasteiger partial charge in [0.1, 0.15) is 5.75 Å². The molecule has 0 aliphatic carbocycles. The number of ether oxygens (including phenoxy) is 1. The van der Waals surface area contributed by atoms with Gasteiger partial charge in [-0.2, -0.15) is 0 Å². The van der Waals surface area contributed by atoms with Crippen molar-refractivity contribution in [3.63, 3.8) is 0 Å². The lowest BCUT2D eigenvalue weighted by atomic mass is 9.92. The lowest BCUT2D eigenvalue weighted by Gasteiger charge is -2.34. The van der Waals surface area contributed by atoms with Crippen LogP contribution in [0.15, 0.2) is 28.7 Å². The monoisotopic (exact) mass is 340 g/mol. The average Bonchev–Trinajstić information content (AvgIpc) is 2.45. The zero-order chi connectivity index (χ0) is 14.5. The van der Waals surface area contributed by atoms with E-state index in [2.05, 4.69) is 15.9 Å². The minimum absolute atomic E-state index is 0.0373. The number of hydrogen-bond acceptors (Lipinski definition) is 3. The molecule has 2 rings (SSSR count). The van der Waals surface area contributed by atoms with Gasteiger partial charge in [-0.25, -0.2) is 0 Å². The van der Waals surface area contributed by atoms with Crippen LogP contribution < -0.4 is 10.5 Å². The highest BCUT2D eigenvalue weighted by Gasteiger charge is 2.25. The predicted octanol–water partition coefficient (Wildman–Crippen LogP) is 2.41. The Morgan fingerprint density at radius 1 is 1.60 bits per heavy atom. The molecule has 0 aromatic heterocycles. The summed E-state index contributed by atoms with van der Waals surface area (Å²) in [5.41, 5.74) is 5.94. The van der Waals surface area contributed by atoms with Crippen molar-refractivity contribution in [2.45, 2.75) is 25.8 Å². The molecule has 5 heteroatoms. The Hall–Kier alpha value is -1.07. The van der Waals surface area contributed by atoms with Crippen LogP contribution in [-0.4, -0.2) is 36.5 Å². The SMILES string of the molecule is C[C@H](N)[C@@H]1CCCN(C(=O)COc2cccc(Br)c2)C1. The van der Waals surface area contributed by atoms with Crippen molar-refractivity contribution in [3.8, 4) is 5.75 Å². The number of nitrogens with zero attached hydrogens (tertiary/aromatic N) is 1. The van der Waals surface area contributed by atoms with Crippen LogP contribution in [0.5, 0.6) is 5.75 Å². The van der Waals surface area contributed by atoms with Crippen molar-refractivity contribution in [3.05, 3.63) is 28.7 Å². The molecule has 2 atom stereocenters. The molecule has 1 amide bonds. The smallest absolute Gasteiger partial charge is 0.260 e. The van der Waals surface area contributed by atoms with E-state index in [1.807, 2.05) is 36.1 Å². The maximum Gasteiger partial charge on any atom is 0.260 e. The molecule has 0 bridgehead atoms. The molecule has 0 radical (unpaired) electrons. The highest BCUT2D eigenvalue weighted by molar-refractivity contribution is 9.10. The molecule has 0 spiro atoms. The van der Waals surface area contributed by atoms with Crippen molar-refractivity contribution < 1.29 is 9.53 Å². The van der Waals surface area contributed by atoms with E-state index >= 15 is 0 Å². The highest BCUT2D eigenvalue weighted by atomic mass is 79.9. The van der Waals surface area contributed by atoms with Gasteiger partial charge in [0.05, 0.1) is 0 Å². The van der Waals surface area contributed by atoms with E-state index in [1.165, 1.54) is 0 Å². The Morgan fingerprint density at radius 3 is 3.10 bits per heavy atom. The van der Waals surface area contributed by atoms with Crippen molar-refractivity contribution in [1.82, 2.24) is 4.90 Å². The largest absolute Gasteiger partial charge is 0.484 e. The van der Waals surface area contributed by atoms with Crippen LogP contribution in [0.25, 0.3) is 0 Å². The minimum atomic E-state index is 0.0373. The molecule has 1 aliphatic heterocycles. The Bertz CT molecular complexity index is 465. The highest BCUT2D eigenvalue weighted by Crippen LogP contribution is 2.20. The molecule has 1 fully saturated rings. The van der Waals surface area contributed by atoms with Crippen molar-refractivity contribution >= 4 is 21.8 Å². The number of rotatable bonds is 4. The maximum atomic E-state index is 12.2. The lowest BCUT2D eigenvalue weighted by molar-refractivity contribution is -0.135. The van der Waals surface area contributed by atoms with Gasteiger partial charge in [-0.3, -0.25) is 4.79 Å². The molecule has 110 valence electrons. The van der Waals surface area contributed by atoms with Gasteiger partial charge in [0.2, 0.25) is 0 Å². The number of likely N-dealkylation sites (tertiary alicyclic amines) is 1. The Morgan fingerprint density at radius 2 is 2.40 bits per heavy atom. The van der Waals surface area contributed by atoms with Crippen LogP contribution >= 0.6 is 15.9 Å². The van der Waals surface area contributed by atoms with E-state index in [9.17, 15) is 4.79 Å². The molecule has 1 heterocycles. The molecule has 0 unspecified atom stereocenters. The van der Waals surface area contributed by atoms with Gasteiger partial charge in [0, 0.05) is 23.6 Å². The number of halogens is 1. The zero-order valence-electron chi connectivity index (χ0n) is 11.7. The van der Waals surface area contributed by atoms with Crippen molar-refractivity contribution in [1.29, 1.82) is 0 Å². The number of benzene rings is 1. The third kappa shape index (κ3) is 4.21. The summed E-state index contributed by atoms with van der Waals surface area (Å²) in [6.07, 6.45) is 2.13. The Labute approximate surface area is 128 Å². The second kappa shape index (κ2) is 7.09. The zero-order valence-corrected chi connectivity index (χ0v) is 13.3. The molecular weight excluding hydrogens is 320 g/mol. The number of piperidine rings is 1. The van der Waals surface area contributed by atoms with Crippen molar-refractivity contribution in [2.24, 2.45) is 11.7 Å². The van der Waals surface area contributed by atoms with Gasteiger partial charge in [-0.15, -0.1) is 0 Å². The molecule has 20 heavy (non-hydrogen) atoms. The number of hydrogen-bond donors (Lipinski definition) is 1. The van der Waals surface area contributed by atoms with E-state index in [-0.39, 0.29) is 18.6 Å². The van der Waals surface area contributed by atoms with E-state index in [0.29, 0.717) is 11.7 Å². The fourth-order valence-electron chi connectivity index (χ4n) is 2.46. The third-order valence-electron chi connectivity index (χ3n) is 3.71. The summed E-state index contributed by atoms with van der Waals surface area (Å²) < 4.78 is 6.49. The second-order valence-electron chi connectivity index (χ2n) is 5.35. The molecule has 4 nitrogen and oxygen atoms in total. The van der Waals surface area contributed by atoms with Gasteiger partial charge in [-0.05, 0) is 43.9 Å². The van der Waals surface area contributed by atoms with Crippen molar-refractivity contribution in [2.75, 3.05) is 19.7 Å². The van der Waals surface area contributed by atoms with E-state index < -0.39 is 0 Å². The van der Waals surface area contributed by atoms with Gasteiger partial charge in [0.25, 0.3) is 5.91 Å². The van der Waals surface area contributed by atoms with Crippen LogP contribution in [0, 0.1) is 5.92 Å². The normalized spacial score (nSPS) is 20.6. The molecule has 1 saturated heterocycles. The molecule has 1 aliphatic rings. The summed E-state index contributed by atoms with van der Waals surface area (Å²) in [6.45, 7) is 3.65. The maximum absolute atomic E-state index is 12.2. The first-order chi connectivity index (χ1) is 9.56. The van der Waals surface area contributed by atoms with Crippen LogP contribution in [0.3, 0.4) is 0 Å². The minimum Gasteiger partial charge on any atom is -0.484 e. The van der Waals surface area contributed by atoms with E-state index in [1.54, 1.807) is 0 Å². The van der Waals surface area contributed by atoms with Gasteiger partial charge < -0.3 is 15.4 Å². The molecule has 1 aromatic rings. The van der Waals surface area contributed by atoms with Gasteiger partial charge >= 0.3 is 0 Å². The predicted molar refractivity (Wildman–Crippen MR) is 82.6 cm³/mol. The number of nitrogens with two attached hydrogens (primary N) is 1. The lowest BCUT2D eigenvalue weighted by Crippen LogP contribution is -2.46. The quantitative estimate of drug-likeness (QED) is 0.915. The van der Waals surface area contributed by atoms with Crippen LogP contribution in [0.1, 0.15) is 19.8 Å². The summed E-state index contributed by atoms with van der Waals surface area (Å²) in [5, 5.41) is 0. The second-order valence-corrected chi connectivity index (χ2v) is 6.26. The van der Waals surface area contributed by atoms with Crippen LogP contribution in [0.4, 0.5) is 0 Å². The Kier molecular flexibility index (Phi) is 5.43. The summed E-state index contributed by atoms with van der Waals surface area (Å²) in [5.74, 6) is 1.14. The average molecular weight is 341 g/mol. The number of amides is 1. The third-order valence-corrected chi connectivity index (χ3v) is 4.21. The fraction of sp³-hybridized carbons (Fsp3) is 0.533.